The van der Waals surface area contributed by atoms with E-state index in [9.17, 15) is 14.4 Å². The number of rotatable bonds is 3. The first-order valence-electron chi connectivity index (χ1n) is 17.0. The normalized spacial score (nSPS) is 26.1. The van der Waals surface area contributed by atoms with Crippen LogP contribution in [0.1, 0.15) is 86.6 Å². The first-order valence-corrected chi connectivity index (χ1v) is 17.0. The minimum atomic E-state index is -0.569. The molecule has 1 aromatic rings. The fourth-order valence-electron chi connectivity index (χ4n) is 6.06. The lowest BCUT2D eigenvalue weighted by Crippen LogP contribution is -2.51. The first-order chi connectivity index (χ1) is 22.6. The summed E-state index contributed by atoms with van der Waals surface area (Å²) < 4.78 is 27.9. The SMILES string of the molecule is CC.CC(C)(C)OC(=O)N1C[C@H](N)C2(CCCO2)C1.CC(C)(C)OC(=O)N1C[C@H](NC(=O)OCc2ccccc2)C2(CCCO2)C1.CO. The molecule has 4 N–H and O–H groups in total. The molecule has 3 amide bonds. The number of carbonyl (C=O) groups is 3. The Balaban J connectivity index is 0.000000327. The molecule has 13 heteroatoms. The van der Waals surface area contributed by atoms with Gasteiger partial charge in [0.05, 0.1) is 25.2 Å². The van der Waals surface area contributed by atoms with Crippen molar-refractivity contribution < 1.29 is 43.2 Å². The Morgan fingerprint density at radius 2 is 1.33 bits per heavy atom. The summed E-state index contributed by atoms with van der Waals surface area (Å²) in [6.07, 6.45) is 2.46. The third-order valence-corrected chi connectivity index (χ3v) is 8.12. The quantitative estimate of drug-likeness (QED) is 0.377. The molecule has 4 aliphatic rings. The minimum absolute atomic E-state index is 0.0995. The van der Waals surface area contributed by atoms with Crippen molar-refractivity contribution in [2.24, 2.45) is 5.73 Å². The summed E-state index contributed by atoms with van der Waals surface area (Å²) >= 11 is 0. The smallest absolute Gasteiger partial charge is 0.410 e. The Morgan fingerprint density at radius 1 is 0.854 bits per heavy atom. The van der Waals surface area contributed by atoms with Gasteiger partial charge in [-0.05, 0) is 72.8 Å². The Hall–Kier alpha value is -3.13. The number of ether oxygens (including phenoxy) is 5. The highest BCUT2D eigenvalue weighted by atomic mass is 16.6. The number of amides is 3. The van der Waals surface area contributed by atoms with Gasteiger partial charge in [0.2, 0.25) is 0 Å². The molecule has 0 bridgehead atoms. The molecule has 4 fully saturated rings. The van der Waals surface area contributed by atoms with E-state index < -0.39 is 22.9 Å². The molecule has 2 unspecified atom stereocenters. The topological polar surface area (TPSA) is 162 Å². The van der Waals surface area contributed by atoms with Crippen LogP contribution in [0.4, 0.5) is 14.4 Å². The van der Waals surface area contributed by atoms with Crippen molar-refractivity contribution in [3.05, 3.63) is 35.9 Å². The Morgan fingerprint density at radius 3 is 1.81 bits per heavy atom. The summed E-state index contributed by atoms with van der Waals surface area (Å²) in [5.74, 6) is 0. The number of nitrogens with zero attached hydrogens (tertiary/aromatic N) is 2. The summed E-state index contributed by atoms with van der Waals surface area (Å²) in [4.78, 5) is 40.0. The minimum Gasteiger partial charge on any atom is -0.445 e. The molecule has 0 aromatic heterocycles. The van der Waals surface area contributed by atoms with Crippen molar-refractivity contribution >= 4 is 18.3 Å². The average molecular weight is 681 g/mol. The number of carbonyl (C=O) groups excluding carboxylic acids is 3. The van der Waals surface area contributed by atoms with Gasteiger partial charge < -0.3 is 49.6 Å². The molecule has 4 atom stereocenters. The molecule has 0 saturated carbocycles. The van der Waals surface area contributed by atoms with Crippen molar-refractivity contribution in [1.29, 1.82) is 0 Å². The van der Waals surface area contributed by atoms with Gasteiger partial charge in [-0.1, -0.05) is 44.2 Å². The molecular weight excluding hydrogens is 620 g/mol. The highest BCUT2D eigenvalue weighted by Crippen LogP contribution is 2.36. The zero-order valence-electron chi connectivity index (χ0n) is 30.5. The molecule has 13 nitrogen and oxygen atoms in total. The maximum Gasteiger partial charge on any atom is 0.410 e. The molecule has 1 aromatic carbocycles. The lowest BCUT2D eigenvalue weighted by atomic mass is 9.94. The lowest BCUT2D eigenvalue weighted by Gasteiger charge is -2.29. The number of benzene rings is 1. The largest absolute Gasteiger partial charge is 0.445 e. The highest BCUT2D eigenvalue weighted by Gasteiger charge is 2.53. The van der Waals surface area contributed by atoms with Crippen molar-refractivity contribution in [1.82, 2.24) is 15.1 Å². The van der Waals surface area contributed by atoms with E-state index in [1.54, 1.807) is 9.80 Å². The fourth-order valence-corrected chi connectivity index (χ4v) is 6.06. The Kier molecular flexibility index (Phi) is 15.4. The van der Waals surface area contributed by atoms with Crippen LogP contribution in [-0.2, 0) is 30.3 Å². The van der Waals surface area contributed by atoms with Crippen LogP contribution in [0.2, 0.25) is 0 Å². The van der Waals surface area contributed by atoms with Gasteiger partial charge in [-0.3, -0.25) is 0 Å². The molecule has 0 aliphatic carbocycles. The molecule has 48 heavy (non-hydrogen) atoms. The standard InChI is InChI=1S/C20H28N2O5.C12H22N2O3.C2H6.CH4O/c1-19(2,3)27-18(24)22-12-16(20(14-22)10-7-11-26-20)21-17(23)25-13-15-8-5-4-6-9-15;1-11(2,3)17-10(15)14-7-9(13)12(8-14)5-4-6-16-12;2*1-2/h4-6,8-9,16H,7,10-14H2,1-3H3,(H,21,23);9H,4-8,13H2,1-3H3;1-2H3;2H,1H3/t16-,20?;9-,12?;;/m00../s1. The summed E-state index contributed by atoms with van der Waals surface area (Å²) in [5, 5.41) is 9.89. The van der Waals surface area contributed by atoms with Crippen molar-refractivity contribution in [2.75, 3.05) is 46.5 Å². The molecule has 4 saturated heterocycles. The lowest BCUT2D eigenvalue weighted by molar-refractivity contribution is -0.0109. The van der Waals surface area contributed by atoms with Gasteiger partial charge in [0.15, 0.2) is 0 Å². The average Bonchev–Trinajstić information content (AvgIpc) is 3.84. The van der Waals surface area contributed by atoms with E-state index >= 15 is 0 Å². The maximum atomic E-state index is 12.4. The van der Waals surface area contributed by atoms with E-state index in [0.29, 0.717) is 32.8 Å². The van der Waals surface area contributed by atoms with Gasteiger partial charge in [0.1, 0.15) is 29.0 Å². The number of hydrogen-bond acceptors (Lipinski definition) is 10. The molecule has 4 heterocycles. The Labute approximate surface area is 286 Å². The first kappa shape index (κ1) is 41.0. The van der Waals surface area contributed by atoms with E-state index in [4.69, 9.17) is 34.5 Å². The van der Waals surface area contributed by atoms with Crippen molar-refractivity contribution in [3.63, 3.8) is 0 Å². The van der Waals surface area contributed by atoms with Gasteiger partial charge in [0.25, 0.3) is 0 Å². The van der Waals surface area contributed by atoms with Crippen LogP contribution in [0.15, 0.2) is 30.3 Å². The second kappa shape index (κ2) is 18.0. The van der Waals surface area contributed by atoms with Crippen LogP contribution in [0.3, 0.4) is 0 Å². The van der Waals surface area contributed by atoms with Crippen molar-refractivity contribution in [2.45, 2.75) is 122 Å². The van der Waals surface area contributed by atoms with Gasteiger partial charge in [-0.2, -0.15) is 0 Å². The summed E-state index contributed by atoms with van der Waals surface area (Å²) in [7, 11) is 1.00. The second-order valence-electron chi connectivity index (χ2n) is 14.1. The zero-order chi connectivity index (χ0) is 36.2. The number of aliphatic hydroxyl groups excluding tert-OH is 1. The van der Waals surface area contributed by atoms with Crippen LogP contribution in [0.5, 0.6) is 0 Å². The van der Waals surface area contributed by atoms with E-state index in [1.807, 2.05) is 85.7 Å². The number of aliphatic hydroxyl groups is 1. The van der Waals surface area contributed by atoms with Crippen LogP contribution in [0.25, 0.3) is 0 Å². The van der Waals surface area contributed by atoms with E-state index in [0.717, 1.165) is 45.0 Å². The molecule has 0 radical (unpaired) electrons. The van der Waals surface area contributed by atoms with Crippen LogP contribution in [0, 0.1) is 0 Å². The van der Waals surface area contributed by atoms with E-state index in [1.165, 1.54) is 0 Å². The van der Waals surface area contributed by atoms with Crippen LogP contribution in [-0.4, -0.2) is 114 Å². The number of hydrogen-bond donors (Lipinski definition) is 3. The van der Waals surface area contributed by atoms with E-state index in [2.05, 4.69) is 5.32 Å². The van der Waals surface area contributed by atoms with Gasteiger partial charge in [-0.15, -0.1) is 0 Å². The maximum absolute atomic E-state index is 12.4. The van der Waals surface area contributed by atoms with Crippen LogP contribution >= 0.6 is 0 Å². The zero-order valence-corrected chi connectivity index (χ0v) is 30.5. The van der Waals surface area contributed by atoms with Gasteiger partial charge >= 0.3 is 18.3 Å². The highest BCUT2D eigenvalue weighted by molar-refractivity contribution is 5.71. The van der Waals surface area contributed by atoms with Gasteiger partial charge in [-0.25, -0.2) is 14.4 Å². The van der Waals surface area contributed by atoms with E-state index in [-0.39, 0.29) is 36.5 Å². The molecule has 4 aliphatic heterocycles. The predicted molar refractivity (Wildman–Crippen MR) is 182 cm³/mol. The van der Waals surface area contributed by atoms with Gasteiger partial charge in [0, 0.05) is 33.4 Å². The molecule has 274 valence electrons. The molecular formula is C35H60N4O9. The number of nitrogens with two attached hydrogens (primary N) is 1. The molecule has 5 rings (SSSR count). The monoisotopic (exact) mass is 680 g/mol. The third-order valence-electron chi connectivity index (χ3n) is 8.12. The Bertz CT molecular complexity index is 1140. The third kappa shape index (κ3) is 11.8. The van der Waals surface area contributed by atoms with Crippen molar-refractivity contribution in [3.8, 4) is 0 Å². The summed E-state index contributed by atoms with van der Waals surface area (Å²) in [6.45, 7) is 18.5. The van der Waals surface area contributed by atoms with Crippen LogP contribution < -0.4 is 11.1 Å². The fraction of sp³-hybridized carbons (Fsp3) is 0.743. The second-order valence-corrected chi connectivity index (χ2v) is 14.1. The number of likely N-dealkylation sites (tertiary alicyclic amines) is 2. The molecule has 2 spiro atoms. The summed E-state index contributed by atoms with van der Waals surface area (Å²) in [6, 6.07) is 9.08. The number of alkyl carbamates (subject to hydrolysis) is 1. The summed E-state index contributed by atoms with van der Waals surface area (Å²) in [5.41, 5.74) is 5.09. The predicted octanol–water partition coefficient (Wildman–Crippen LogP) is 4.83. The number of nitrogens with one attached hydrogen (secondary N) is 1.